The smallest absolute Gasteiger partial charge is 0.220 e. The van der Waals surface area contributed by atoms with Gasteiger partial charge in [-0.15, -0.1) is 10.2 Å². The van der Waals surface area contributed by atoms with Crippen LogP contribution in [0.3, 0.4) is 0 Å². The fourth-order valence-electron chi connectivity index (χ4n) is 3.80. The summed E-state index contributed by atoms with van der Waals surface area (Å²) in [6.07, 6.45) is 5.93. The molecule has 0 radical (unpaired) electrons. The maximum Gasteiger partial charge on any atom is 0.220 e. The zero-order valence-electron chi connectivity index (χ0n) is 13.7. The van der Waals surface area contributed by atoms with Gasteiger partial charge in [0.1, 0.15) is 0 Å². The predicted octanol–water partition coefficient (Wildman–Crippen LogP) is 1.74. The monoisotopic (exact) mass is 306 g/mol. The van der Waals surface area contributed by atoms with Gasteiger partial charge in [0.25, 0.3) is 0 Å². The highest BCUT2D eigenvalue weighted by molar-refractivity contribution is 5.77. The van der Waals surface area contributed by atoms with E-state index in [0.717, 1.165) is 25.2 Å². The van der Waals surface area contributed by atoms with Crippen LogP contribution in [-0.4, -0.2) is 33.7 Å². The van der Waals surface area contributed by atoms with Crippen molar-refractivity contribution < 1.29 is 9.21 Å². The lowest BCUT2D eigenvalue weighted by Crippen LogP contribution is -2.62. The van der Waals surface area contributed by atoms with E-state index in [0.29, 0.717) is 30.3 Å². The third kappa shape index (κ3) is 3.48. The molecule has 6 nitrogen and oxygen atoms in total. The maximum atomic E-state index is 11.6. The average molecular weight is 306 g/mol. The van der Waals surface area contributed by atoms with Gasteiger partial charge >= 0.3 is 0 Å². The molecular formula is C16H26N4O2. The highest BCUT2D eigenvalue weighted by Gasteiger charge is 2.37. The van der Waals surface area contributed by atoms with E-state index in [1.165, 1.54) is 12.8 Å². The van der Waals surface area contributed by atoms with E-state index < -0.39 is 0 Å². The summed E-state index contributed by atoms with van der Waals surface area (Å²) in [7, 11) is 0. The molecule has 3 rings (SSSR count). The number of aromatic nitrogens is 2. The van der Waals surface area contributed by atoms with Gasteiger partial charge in [-0.25, -0.2) is 0 Å². The molecule has 1 aromatic heterocycles. The minimum absolute atomic E-state index is 0.166. The molecule has 1 saturated heterocycles. The molecule has 0 aromatic carbocycles. The zero-order chi connectivity index (χ0) is 15.7. The Morgan fingerprint density at radius 2 is 2.14 bits per heavy atom. The molecule has 122 valence electrons. The lowest BCUT2D eigenvalue weighted by molar-refractivity contribution is -0.125. The number of amides is 1. The number of rotatable bonds is 4. The highest BCUT2D eigenvalue weighted by Crippen LogP contribution is 2.30. The highest BCUT2D eigenvalue weighted by atomic mass is 16.4. The number of nitrogens with zero attached hydrogens (tertiary/aromatic N) is 2. The molecular weight excluding hydrogens is 280 g/mol. The van der Waals surface area contributed by atoms with Crippen molar-refractivity contribution >= 4 is 5.91 Å². The van der Waals surface area contributed by atoms with Crippen molar-refractivity contribution in [2.45, 2.75) is 76.9 Å². The van der Waals surface area contributed by atoms with Crippen LogP contribution in [0, 0.1) is 12.8 Å². The quantitative estimate of drug-likeness (QED) is 0.885. The van der Waals surface area contributed by atoms with Crippen LogP contribution in [0.2, 0.25) is 0 Å². The molecule has 3 atom stereocenters. The molecule has 1 aliphatic heterocycles. The van der Waals surface area contributed by atoms with E-state index >= 15 is 0 Å². The molecule has 0 bridgehead atoms. The summed E-state index contributed by atoms with van der Waals surface area (Å²) in [5, 5.41) is 14.9. The van der Waals surface area contributed by atoms with Crippen LogP contribution in [-0.2, 0) is 11.2 Å². The van der Waals surface area contributed by atoms with E-state index in [1.54, 1.807) is 0 Å². The van der Waals surface area contributed by atoms with E-state index in [-0.39, 0.29) is 11.4 Å². The van der Waals surface area contributed by atoms with Crippen molar-refractivity contribution in [1.29, 1.82) is 0 Å². The molecule has 2 fully saturated rings. The first-order chi connectivity index (χ1) is 10.4. The molecule has 1 saturated carbocycles. The van der Waals surface area contributed by atoms with Gasteiger partial charge in [-0.1, -0.05) is 0 Å². The normalized spacial score (nSPS) is 31.2. The fourth-order valence-corrected chi connectivity index (χ4v) is 3.80. The second-order valence-electron chi connectivity index (χ2n) is 7.32. The van der Waals surface area contributed by atoms with Crippen LogP contribution in [0.5, 0.6) is 0 Å². The number of piperidine rings is 1. The first-order valence-electron chi connectivity index (χ1n) is 8.28. The summed E-state index contributed by atoms with van der Waals surface area (Å²) in [4.78, 5) is 11.6. The van der Waals surface area contributed by atoms with E-state index in [4.69, 9.17) is 4.42 Å². The Bertz CT molecular complexity index is 540. The molecule has 6 heteroatoms. The van der Waals surface area contributed by atoms with Crippen LogP contribution in [0.25, 0.3) is 0 Å². The third-order valence-corrected chi connectivity index (χ3v) is 5.00. The fraction of sp³-hybridized carbons (Fsp3) is 0.812. The number of hydrogen-bond donors (Lipinski definition) is 2. The minimum Gasteiger partial charge on any atom is -0.426 e. The molecule has 2 heterocycles. The number of carbonyl (C=O) groups is 1. The molecule has 1 aliphatic carbocycles. The first-order valence-corrected chi connectivity index (χ1v) is 8.28. The van der Waals surface area contributed by atoms with E-state index in [1.807, 2.05) is 6.92 Å². The van der Waals surface area contributed by atoms with Gasteiger partial charge in [0, 0.05) is 37.4 Å². The molecule has 2 aliphatic rings. The van der Waals surface area contributed by atoms with Crippen molar-refractivity contribution in [1.82, 2.24) is 20.8 Å². The lowest BCUT2D eigenvalue weighted by Gasteiger charge is -2.41. The van der Waals surface area contributed by atoms with E-state index in [2.05, 4.69) is 34.7 Å². The Morgan fingerprint density at radius 3 is 2.82 bits per heavy atom. The Morgan fingerprint density at radius 1 is 1.32 bits per heavy atom. The summed E-state index contributed by atoms with van der Waals surface area (Å²) in [6, 6.07) is 0.868. The summed E-state index contributed by atoms with van der Waals surface area (Å²) in [5.74, 6) is 2.17. The Balaban J connectivity index is 1.51. The molecule has 1 amide bonds. The van der Waals surface area contributed by atoms with Crippen LogP contribution in [0.15, 0.2) is 4.42 Å². The van der Waals surface area contributed by atoms with Crippen molar-refractivity contribution in [2.75, 3.05) is 0 Å². The van der Waals surface area contributed by atoms with Gasteiger partial charge < -0.3 is 15.1 Å². The van der Waals surface area contributed by atoms with Gasteiger partial charge in [-0.05, 0) is 45.4 Å². The number of nitrogens with one attached hydrogen (secondary N) is 2. The number of carbonyl (C=O) groups excluding carboxylic acids is 1. The summed E-state index contributed by atoms with van der Waals surface area (Å²) in [5.41, 5.74) is -0.170. The predicted molar refractivity (Wildman–Crippen MR) is 82.2 cm³/mol. The minimum atomic E-state index is -0.170. The van der Waals surface area contributed by atoms with Crippen molar-refractivity contribution in [2.24, 2.45) is 5.92 Å². The topological polar surface area (TPSA) is 80.0 Å². The third-order valence-electron chi connectivity index (χ3n) is 5.00. The van der Waals surface area contributed by atoms with Crippen LogP contribution in [0.1, 0.15) is 57.7 Å². The van der Waals surface area contributed by atoms with Gasteiger partial charge in [-0.3, -0.25) is 4.79 Å². The SMILES string of the molecule is Cc1nnc(C[C@@H]2CC[C@H](NC3CCC(=O)NC3(C)C)C2)o1. The number of hydrogen-bond acceptors (Lipinski definition) is 5. The Hall–Kier alpha value is -1.43. The van der Waals surface area contributed by atoms with Crippen LogP contribution >= 0.6 is 0 Å². The maximum absolute atomic E-state index is 11.6. The Labute approximate surface area is 131 Å². The van der Waals surface area contributed by atoms with E-state index in [9.17, 15) is 4.79 Å². The largest absolute Gasteiger partial charge is 0.426 e. The molecule has 22 heavy (non-hydrogen) atoms. The molecule has 0 spiro atoms. The van der Waals surface area contributed by atoms with Gasteiger partial charge in [-0.2, -0.15) is 0 Å². The van der Waals surface area contributed by atoms with Crippen LogP contribution < -0.4 is 10.6 Å². The summed E-state index contributed by atoms with van der Waals surface area (Å²) >= 11 is 0. The Kier molecular flexibility index (Phi) is 4.21. The molecule has 2 N–H and O–H groups in total. The van der Waals surface area contributed by atoms with Gasteiger partial charge in [0.15, 0.2) is 0 Å². The molecule has 1 unspecified atom stereocenters. The average Bonchev–Trinajstić information content (AvgIpc) is 3.02. The van der Waals surface area contributed by atoms with Crippen molar-refractivity contribution in [3.05, 3.63) is 11.8 Å². The standard InChI is InChI=1S/C16H26N4O2/c1-10-19-20-15(22-10)9-11-4-5-12(8-11)17-13-6-7-14(21)18-16(13,2)3/h11-13,17H,4-9H2,1-3H3,(H,18,21)/t11-,12+,13?/m1/s1. The van der Waals surface area contributed by atoms with Crippen molar-refractivity contribution in [3.63, 3.8) is 0 Å². The van der Waals surface area contributed by atoms with Gasteiger partial charge in [0.05, 0.1) is 0 Å². The first kappa shape index (κ1) is 15.5. The second kappa shape index (κ2) is 5.99. The molecule has 1 aromatic rings. The van der Waals surface area contributed by atoms with Crippen LogP contribution in [0.4, 0.5) is 0 Å². The zero-order valence-corrected chi connectivity index (χ0v) is 13.7. The lowest BCUT2D eigenvalue weighted by atomic mass is 9.86. The second-order valence-corrected chi connectivity index (χ2v) is 7.32. The van der Waals surface area contributed by atoms with Gasteiger partial charge in [0.2, 0.25) is 17.7 Å². The summed E-state index contributed by atoms with van der Waals surface area (Å²) in [6.45, 7) is 6.04. The number of aryl methyl sites for hydroxylation is 1. The van der Waals surface area contributed by atoms with Crippen molar-refractivity contribution in [3.8, 4) is 0 Å². The summed E-state index contributed by atoms with van der Waals surface area (Å²) < 4.78 is 5.49.